The number of thioether (sulfide) groups is 1. The smallest absolute Gasteiger partial charge is 0.191 e. The van der Waals surface area contributed by atoms with Crippen molar-refractivity contribution >= 4 is 17.7 Å². The predicted molar refractivity (Wildman–Crippen MR) is 65.1 cm³/mol. The summed E-state index contributed by atoms with van der Waals surface area (Å²) in [6.45, 7) is 5.41. The van der Waals surface area contributed by atoms with Gasteiger partial charge < -0.3 is 10.6 Å². The van der Waals surface area contributed by atoms with Crippen molar-refractivity contribution in [3.05, 3.63) is 0 Å². The van der Waals surface area contributed by atoms with Crippen LogP contribution in [0.5, 0.6) is 0 Å². The quantitative estimate of drug-likeness (QED) is 0.550. The van der Waals surface area contributed by atoms with Gasteiger partial charge in [-0.05, 0) is 32.9 Å². The van der Waals surface area contributed by atoms with E-state index in [-0.39, 0.29) is 4.75 Å². The zero-order valence-electron chi connectivity index (χ0n) is 9.55. The van der Waals surface area contributed by atoms with Crippen molar-refractivity contribution in [2.75, 3.05) is 19.8 Å². The second-order valence-corrected chi connectivity index (χ2v) is 5.82. The number of hydrogen-bond donors (Lipinski definition) is 2. The Kier molecular flexibility index (Phi) is 4.11. The lowest BCUT2D eigenvalue weighted by Crippen LogP contribution is -2.44. The summed E-state index contributed by atoms with van der Waals surface area (Å²) in [7, 11) is 1.82. The first kappa shape index (κ1) is 11.7. The Morgan fingerprint density at radius 3 is 2.57 bits per heavy atom. The van der Waals surface area contributed by atoms with Crippen molar-refractivity contribution < 1.29 is 0 Å². The van der Waals surface area contributed by atoms with Crippen LogP contribution in [0.25, 0.3) is 0 Å². The van der Waals surface area contributed by atoms with E-state index in [1.165, 1.54) is 12.8 Å². The summed E-state index contributed by atoms with van der Waals surface area (Å²) in [4.78, 5) is 4.19. The maximum absolute atomic E-state index is 4.19. The van der Waals surface area contributed by atoms with Crippen LogP contribution >= 0.6 is 11.8 Å². The van der Waals surface area contributed by atoms with Crippen molar-refractivity contribution in [2.24, 2.45) is 4.99 Å². The van der Waals surface area contributed by atoms with E-state index in [1.54, 1.807) is 0 Å². The Hall–Kier alpha value is -0.380. The van der Waals surface area contributed by atoms with Gasteiger partial charge in [-0.25, -0.2) is 0 Å². The minimum Gasteiger partial charge on any atom is -0.355 e. The van der Waals surface area contributed by atoms with Crippen molar-refractivity contribution in [3.8, 4) is 0 Å². The molecule has 0 aliphatic heterocycles. The summed E-state index contributed by atoms with van der Waals surface area (Å²) in [5.74, 6) is 0.939. The molecule has 1 rings (SSSR count). The van der Waals surface area contributed by atoms with Crippen LogP contribution in [0.15, 0.2) is 4.99 Å². The van der Waals surface area contributed by atoms with E-state index in [0.717, 1.165) is 12.5 Å². The summed E-state index contributed by atoms with van der Waals surface area (Å²) in [5.41, 5.74) is 0. The molecule has 0 amide bonds. The Morgan fingerprint density at radius 2 is 2.14 bits per heavy atom. The lowest BCUT2D eigenvalue weighted by molar-refractivity contribution is 0.664. The molecule has 0 atom stereocenters. The van der Waals surface area contributed by atoms with Gasteiger partial charge in [0.15, 0.2) is 5.96 Å². The number of guanidine groups is 1. The van der Waals surface area contributed by atoms with E-state index < -0.39 is 0 Å². The van der Waals surface area contributed by atoms with Crippen LogP contribution in [0.3, 0.4) is 0 Å². The zero-order chi connectivity index (χ0) is 10.6. The topological polar surface area (TPSA) is 36.4 Å². The maximum atomic E-state index is 4.19. The summed E-state index contributed by atoms with van der Waals surface area (Å²) >= 11 is 1.87. The van der Waals surface area contributed by atoms with Crippen LogP contribution in [0.4, 0.5) is 0 Å². The normalized spacial score (nSPS) is 18.1. The molecule has 2 N–H and O–H groups in total. The first-order chi connectivity index (χ1) is 6.57. The van der Waals surface area contributed by atoms with Gasteiger partial charge in [-0.2, -0.15) is 11.8 Å². The average molecular weight is 215 g/mol. The molecule has 0 bridgehead atoms. The average Bonchev–Trinajstić information content (AvgIpc) is 2.96. The van der Waals surface area contributed by atoms with Gasteiger partial charge in [-0.1, -0.05) is 0 Å². The second kappa shape index (κ2) is 4.91. The molecule has 0 radical (unpaired) electrons. The second-order valence-electron chi connectivity index (χ2n) is 4.31. The fourth-order valence-electron chi connectivity index (χ4n) is 0.984. The van der Waals surface area contributed by atoms with Crippen LogP contribution < -0.4 is 10.6 Å². The SMILES string of the molecule is CN=C(NCC(C)(C)SC)NC1CC1. The highest BCUT2D eigenvalue weighted by atomic mass is 32.2. The van der Waals surface area contributed by atoms with Gasteiger partial charge in [0.25, 0.3) is 0 Å². The maximum Gasteiger partial charge on any atom is 0.191 e. The third-order valence-corrected chi connectivity index (χ3v) is 3.63. The standard InChI is InChI=1S/C10H21N3S/c1-10(2,14-4)7-12-9(11-3)13-8-5-6-8/h8H,5-7H2,1-4H3,(H2,11,12,13). The highest BCUT2D eigenvalue weighted by molar-refractivity contribution is 7.99. The number of nitrogens with one attached hydrogen (secondary N) is 2. The Labute approximate surface area is 91.1 Å². The molecule has 14 heavy (non-hydrogen) atoms. The van der Waals surface area contributed by atoms with Crippen LogP contribution in [0, 0.1) is 0 Å². The number of aliphatic imine (C=N–C) groups is 1. The van der Waals surface area contributed by atoms with E-state index in [9.17, 15) is 0 Å². The molecule has 0 heterocycles. The van der Waals surface area contributed by atoms with Gasteiger partial charge in [-0.3, -0.25) is 4.99 Å². The molecule has 0 saturated heterocycles. The molecule has 1 aliphatic rings. The largest absolute Gasteiger partial charge is 0.355 e. The van der Waals surface area contributed by atoms with Crippen molar-refractivity contribution in [3.63, 3.8) is 0 Å². The fraction of sp³-hybridized carbons (Fsp3) is 0.900. The molecule has 0 unspecified atom stereocenters. The van der Waals surface area contributed by atoms with Crippen molar-refractivity contribution in [2.45, 2.75) is 37.5 Å². The molecule has 0 aromatic rings. The van der Waals surface area contributed by atoms with Crippen molar-refractivity contribution in [1.82, 2.24) is 10.6 Å². The summed E-state index contributed by atoms with van der Waals surface area (Å²) < 4.78 is 0.265. The lowest BCUT2D eigenvalue weighted by atomic mass is 10.2. The molecule has 1 aliphatic carbocycles. The third-order valence-electron chi connectivity index (χ3n) is 2.38. The van der Waals surface area contributed by atoms with Gasteiger partial charge in [0, 0.05) is 24.4 Å². The minimum absolute atomic E-state index is 0.265. The van der Waals surface area contributed by atoms with Gasteiger partial charge in [0.2, 0.25) is 0 Å². The molecule has 82 valence electrons. The predicted octanol–water partition coefficient (Wildman–Crippen LogP) is 1.46. The molecule has 1 saturated carbocycles. The van der Waals surface area contributed by atoms with E-state index in [0.29, 0.717) is 6.04 Å². The Morgan fingerprint density at radius 1 is 1.50 bits per heavy atom. The molecule has 0 aromatic heterocycles. The highest BCUT2D eigenvalue weighted by Gasteiger charge is 2.23. The third kappa shape index (κ3) is 4.22. The first-order valence-corrected chi connectivity index (χ1v) is 6.32. The van der Waals surface area contributed by atoms with Gasteiger partial charge in [-0.15, -0.1) is 0 Å². The number of rotatable bonds is 4. The molecule has 0 spiro atoms. The molecular formula is C10H21N3S. The minimum atomic E-state index is 0.265. The Bertz CT molecular complexity index is 209. The number of hydrogen-bond acceptors (Lipinski definition) is 2. The van der Waals surface area contributed by atoms with E-state index in [2.05, 4.69) is 35.7 Å². The molecule has 1 fully saturated rings. The Balaban J connectivity index is 2.26. The van der Waals surface area contributed by atoms with Crippen LogP contribution in [0.1, 0.15) is 26.7 Å². The lowest BCUT2D eigenvalue weighted by Gasteiger charge is -2.23. The summed E-state index contributed by atoms with van der Waals surface area (Å²) in [6.07, 6.45) is 4.71. The van der Waals surface area contributed by atoms with E-state index in [4.69, 9.17) is 0 Å². The van der Waals surface area contributed by atoms with Gasteiger partial charge in [0.1, 0.15) is 0 Å². The van der Waals surface area contributed by atoms with Crippen LogP contribution in [-0.4, -0.2) is 36.6 Å². The molecule has 4 heteroatoms. The van der Waals surface area contributed by atoms with Crippen LogP contribution in [-0.2, 0) is 0 Å². The zero-order valence-corrected chi connectivity index (χ0v) is 10.4. The molecule has 3 nitrogen and oxygen atoms in total. The highest BCUT2D eigenvalue weighted by Crippen LogP contribution is 2.20. The summed E-state index contributed by atoms with van der Waals surface area (Å²) in [6, 6.07) is 0.665. The molecule has 0 aromatic carbocycles. The van der Waals surface area contributed by atoms with E-state index >= 15 is 0 Å². The fourth-order valence-corrected chi connectivity index (χ4v) is 1.20. The monoisotopic (exact) mass is 215 g/mol. The van der Waals surface area contributed by atoms with E-state index in [1.807, 2.05) is 18.8 Å². The van der Waals surface area contributed by atoms with Gasteiger partial charge >= 0.3 is 0 Å². The molecular weight excluding hydrogens is 194 g/mol. The van der Waals surface area contributed by atoms with Crippen molar-refractivity contribution in [1.29, 1.82) is 0 Å². The van der Waals surface area contributed by atoms with Gasteiger partial charge in [0.05, 0.1) is 0 Å². The first-order valence-electron chi connectivity index (χ1n) is 5.10. The summed E-state index contributed by atoms with van der Waals surface area (Å²) in [5, 5.41) is 6.72. The number of nitrogens with zero attached hydrogens (tertiary/aromatic N) is 1. The van der Waals surface area contributed by atoms with Crippen LogP contribution in [0.2, 0.25) is 0 Å².